The molecule has 0 aliphatic carbocycles. The SMILES string of the molecule is CCC(=O)CCCc1c(C(=O)NC)[nH]c2ccc(C)cc12. The number of H-pyrrole nitrogens is 1. The van der Waals surface area contributed by atoms with Crippen LogP contribution in [0.25, 0.3) is 10.9 Å². The predicted molar refractivity (Wildman–Crippen MR) is 84.7 cm³/mol. The quantitative estimate of drug-likeness (QED) is 0.857. The monoisotopic (exact) mass is 286 g/mol. The number of ketones is 1. The molecule has 0 saturated carbocycles. The second-order valence-electron chi connectivity index (χ2n) is 5.35. The second-order valence-corrected chi connectivity index (χ2v) is 5.35. The van der Waals surface area contributed by atoms with Gasteiger partial charge in [-0.3, -0.25) is 9.59 Å². The van der Waals surface area contributed by atoms with Gasteiger partial charge in [-0.05, 0) is 37.5 Å². The number of rotatable bonds is 6. The zero-order valence-corrected chi connectivity index (χ0v) is 12.9. The fourth-order valence-electron chi connectivity index (χ4n) is 2.58. The summed E-state index contributed by atoms with van der Waals surface area (Å²) in [4.78, 5) is 26.7. The molecule has 1 heterocycles. The maximum atomic E-state index is 12.0. The van der Waals surface area contributed by atoms with E-state index in [9.17, 15) is 9.59 Å². The smallest absolute Gasteiger partial charge is 0.267 e. The summed E-state index contributed by atoms with van der Waals surface area (Å²) in [6.07, 6.45) is 2.66. The Balaban J connectivity index is 2.35. The molecule has 2 N–H and O–H groups in total. The number of aryl methyl sites for hydroxylation is 2. The van der Waals surface area contributed by atoms with Crippen LogP contribution >= 0.6 is 0 Å². The van der Waals surface area contributed by atoms with Gasteiger partial charge in [0.25, 0.3) is 5.91 Å². The summed E-state index contributed by atoms with van der Waals surface area (Å²) in [5.41, 5.74) is 3.76. The van der Waals surface area contributed by atoms with E-state index in [1.54, 1.807) is 7.05 Å². The highest BCUT2D eigenvalue weighted by atomic mass is 16.1. The number of amides is 1. The molecule has 4 heteroatoms. The molecule has 0 unspecified atom stereocenters. The summed E-state index contributed by atoms with van der Waals surface area (Å²) < 4.78 is 0. The van der Waals surface area contributed by atoms with E-state index in [1.807, 2.05) is 26.0 Å². The lowest BCUT2D eigenvalue weighted by atomic mass is 10.0. The molecule has 0 radical (unpaired) electrons. The van der Waals surface area contributed by atoms with Gasteiger partial charge in [0, 0.05) is 30.8 Å². The van der Waals surface area contributed by atoms with Gasteiger partial charge in [-0.15, -0.1) is 0 Å². The third-order valence-electron chi connectivity index (χ3n) is 3.79. The average molecular weight is 286 g/mol. The number of aromatic amines is 1. The molecule has 0 aliphatic heterocycles. The number of hydrogen-bond donors (Lipinski definition) is 2. The Morgan fingerprint density at radius 3 is 2.71 bits per heavy atom. The fraction of sp³-hybridized carbons (Fsp3) is 0.412. The van der Waals surface area contributed by atoms with E-state index in [2.05, 4.69) is 16.4 Å². The van der Waals surface area contributed by atoms with Crippen molar-refractivity contribution in [2.45, 2.75) is 39.5 Å². The zero-order valence-electron chi connectivity index (χ0n) is 12.9. The molecule has 0 bridgehead atoms. The third-order valence-corrected chi connectivity index (χ3v) is 3.79. The van der Waals surface area contributed by atoms with Gasteiger partial charge in [0.1, 0.15) is 11.5 Å². The van der Waals surface area contributed by atoms with Crippen molar-refractivity contribution < 1.29 is 9.59 Å². The maximum Gasteiger partial charge on any atom is 0.267 e. The number of nitrogens with one attached hydrogen (secondary N) is 2. The summed E-state index contributed by atoms with van der Waals surface area (Å²) in [6, 6.07) is 6.11. The molecule has 0 spiro atoms. The molecule has 0 saturated heterocycles. The number of carbonyl (C=O) groups excluding carboxylic acids is 2. The minimum absolute atomic E-state index is 0.110. The highest BCUT2D eigenvalue weighted by Crippen LogP contribution is 2.25. The number of benzene rings is 1. The van der Waals surface area contributed by atoms with Gasteiger partial charge >= 0.3 is 0 Å². The summed E-state index contributed by atoms with van der Waals surface area (Å²) in [5, 5.41) is 3.75. The normalized spacial score (nSPS) is 10.8. The minimum Gasteiger partial charge on any atom is -0.354 e. The van der Waals surface area contributed by atoms with Crippen LogP contribution in [0.3, 0.4) is 0 Å². The van der Waals surface area contributed by atoms with Crippen LogP contribution in [0.4, 0.5) is 0 Å². The maximum absolute atomic E-state index is 12.0. The van der Waals surface area contributed by atoms with Crippen molar-refractivity contribution in [2.75, 3.05) is 7.05 Å². The Labute approximate surface area is 124 Å². The number of Topliss-reactive ketones (excluding diaryl/α,β-unsaturated/α-hetero) is 1. The number of fused-ring (bicyclic) bond motifs is 1. The first-order chi connectivity index (χ1) is 10.1. The Kier molecular flexibility index (Phi) is 4.78. The van der Waals surface area contributed by atoms with E-state index < -0.39 is 0 Å². The van der Waals surface area contributed by atoms with E-state index >= 15 is 0 Å². The Morgan fingerprint density at radius 1 is 1.29 bits per heavy atom. The van der Waals surface area contributed by atoms with Crippen molar-refractivity contribution in [1.29, 1.82) is 0 Å². The number of carbonyl (C=O) groups is 2. The second kappa shape index (κ2) is 6.57. The molecular weight excluding hydrogens is 264 g/mol. The fourth-order valence-corrected chi connectivity index (χ4v) is 2.58. The third kappa shape index (κ3) is 3.32. The Bertz CT molecular complexity index is 671. The lowest BCUT2D eigenvalue weighted by Crippen LogP contribution is -2.19. The van der Waals surface area contributed by atoms with E-state index in [0.717, 1.165) is 34.9 Å². The first kappa shape index (κ1) is 15.3. The summed E-state index contributed by atoms with van der Waals surface area (Å²) in [6.45, 7) is 3.92. The molecule has 0 fully saturated rings. The van der Waals surface area contributed by atoms with Gasteiger partial charge in [-0.2, -0.15) is 0 Å². The van der Waals surface area contributed by atoms with Crippen LogP contribution in [0, 0.1) is 6.92 Å². The molecular formula is C17H22N2O2. The Morgan fingerprint density at radius 2 is 2.05 bits per heavy atom. The van der Waals surface area contributed by atoms with Crippen molar-refractivity contribution in [3.8, 4) is 0 Å². The van der Waals surface area contributed by atoms with Crippen molar-refractivity contribution >= 4 is 22.6 Å². The molecule has 1 amide bonds. The zero-order chi connectivity index (χ0) is 15.4. The number of hydrogen-bond acceptors (Lipinski definition) is 2. The largest absolute Gasteiger partial charge is 0.354 e. The van der Waals surface area contributed by atoms with Crippen LogP contribution in [0.15, 0.2) is 18.2 Å². The van der Waals surface area contributed by atoms with E-state index in [1.165, 1.54) is 0 Å². The van der Waals surface area contributed by atoms with Gasteiger partial charge in [0.15, 0.2) is 0 Å². The highest BCUT2D eigenvalue weighted by Gasteiger charge is 2.16. The van der Waals surface area contributed by atoms with E-state index in [4.69, 9.17) is 0 Å². The van der Waals surface area contributed by atoms with Crippen molar-refractivity contribution in [2.24, 2.45) is 0 Å². The average Bonchev–Trinajstić information content (AvgIpc) is 2.84. The van der Waals surface area contributed by atoms with Gasteiger partial charge in [-0.25, -0.2) is 0 Å². The standard InChI is InChI=1S/C17H22N2O2/c1-4-12(20)6-5-7-13-14-10-11(2)8-9-15(14)19-16(13)17(21)18-3/h8-10,19H,4-7H2,1-3H3,(H,18,21). The van der Waals surface area contributed by atoms with Gasteiger partial charge in [0.2, 0.25) is 0 Å². The molecule has 1 aromatic carbocycles. The van der Waals surface area contributed by atoms with Crippen LogP contribution in [0.5, 0.6) is 0 Å². The molecule has 112 valence electrons. The first-order valence-electron chi connectivity index (χ1n) is 7.41. The Hall–Kier alpha value is -2.10. The van der Waals surface area contributed by atoms with E-state index in [0.29, 0.717) is 18.5 Å². The van der Waals surface area contributed by atoms with Crippen LogP contribution in [-0.2, 0) is 11.2 Å². The topological polar surface area (TPSA) is 62.0 Å². The summed E-state index contributed by atoms with van der Waals surface area (Å²) >= 11 is 0. The van der Waals surface area contributed by atoms with Gasteiger partial charge < -0.3 is 10.3 Å². The van der Waals surface area contributed by atoms with Crippen LogP contribution in [0.1, 0.15) is 47.8 Å². The molecule has 2 rings (SSSR count). The van der Waals surface area contributed by atoms with Crippen molar-refractivity contribution in [3.63, 3.8) is 0 Å². The summed E-state index contributed by atoms with van der Waals surface area (Å²) in [5.74, 6) is 0.160. The lowest BCUT2D eigenvalue weighted by molar-refractivity contribution is -0.118. The number of aromatic nitrogens is 1. The van der Waals surface area contributed by atoms with Gasteiger partial charge in [-0.1, -0.05) is 18.6 Å². The van der Waals surface area contributed by atoms with Crippen molar-refractivity contribution in [1.82, 2.24) is 10.3 Å². The van der Waals surface area contributed by atoms with Crippen LogP contribution < -0.4 is 5.32 Å². The molecule has 4 nitrogen and oxygen atoms in total. The van der Waals surface area contributed by atoms with Crippen molar-refractivity contribution in [3.05, 3.63) is 35.0 Å². The van der Waals surface area contributed by atoms with Gasteiger partial charge in [0.05, 0.1) is 0 Å². The molecule has 21 heavy (non-hydrogen) atoms. The summed E-state index contributed by atoms with van der Waals surface area (Å²) in [7, 11) is 1.63. The highest BCUT2D eigenvalue weighted by molar-refractivity contribution is 6.01. The predicted octanol–water partition coefficient (Wildman–Crippen LogP) is 3.14. The molecule has 2 aromatic rings. The molecule has 1 aromatic heterocycles. The first-order valence-corrected chi connectivity index (χ1v) is 7.41. The lowest BCUT2D eigenvalue weighted by Gasteiger charge is -2.04. The molecule has 0 aliphatic rings. The molecule has 0 atom stereocenters. The minimum atomic E-state index is -0.110. The van der Waals surface area contributed by atoms with Crippen LogP contribution in [0.2, 0.25) is 0 Å². The van der Waals surface area contributed by atoms with Crippen LogP contribution in [-0.4, -0.2) is 23.7 Å². The van der Waals surface area contributed by atoms with E-state index in [-0.39, 0.29) is 11.7 Å².